The minimum atomic E-state index is -0.209. The minimum absolute atomic E-state index is 0.209. The van der Waals surface area contributed by atoms with Crippen molar-refractivity contribution in [2.45, 2.75) is 13.8 Å². The molecule has 0 N–H and O–H groups in total. The number of hydrogen-bond donors (Lipinski definition) is 0. The quantitative estimate of drug-likeness (QED) is 0.359. The van der Waals surface area contributed by atoms with Crippen LogP contribution in [0.25, 0.3) is 44.6 Å². The van der Waals surface area contributed by atoms with E-state index in [-0.39, 0.29) is 5.56 Å². The lowest BCUT2D eigenvalue weighted by atomic mass is 10.1. The maximum atomic E-state index is 14.0. The molecule has 3 aromatic carbocycles. The third-order valence-corrected chi connectivity index (χ3v) is 6.27. The van der Waals surface area contributed by atoms with Crippen molar-refractivity contribution in [2.75, 3.05) is 14.2 Å². The van der Waals surface area contributed by atoms with Gasteiger partial charge in [-0.05, 0) is 61.4 Å². The van der Waals surface area contributed by atoms with Gasteiger partial charge in [0.15, 0.2) is 22.8 Å². The van der Waals surface area contributed by atoms with E-state index in [9.17, 15) is 4.79 Å². The van der Waals surface area contributed by atoms with Gasteiger partial charge in [-0.1, -0.05) is 18.2 Å². The fraction of sp³-hybridized carbons (Fsp3) is 0.143. The van der Waals surface area contributed by atoms with Crippen molar-refractivity contribution in [1.29, 1.82) is 0 Å². The molecule has 3 aromatic heterocycles. The third-order valence-electron chi connectivity index (χ3n) is 6.27. The first-order valence-electron chi connectivity index (χ1n) is 11.5. The van der Waals surface area contributed by atoms with Gasteiger partial charge in [-0.3, -0.25) is 13.9 Å². The fourth-order valence-corrected chi connectivity index (χ4v) is 4.72. The van der Waals surface area contributed by atoms with Crippen LogP contribution in [0.2, 0.25) is 0 Å². The molecule has 0 bridgehead atoms. The van der Waals surface area contributed by atoms with E-state index < -0.39 is 0 Å². The molecule has 0 amide bonds. The fourth-order valence-electron chi connectivity index (χ4n) is 4.72. The Morgan fingerprint density at radius 2 is 1.44 bits per heavy atom. The Morgan fingerprint density at radius 1 is 0.750 bits per heavy atom. The lowest BCUT2D eigenvalue weighted by molar-refractivity contribution is 0.355. The standard InChI is InChI=1S/C28H23N5O3/c1-16-11-17(2)13-19(12-16)32-15-29-26-24(28(32)34)25-27(31-21-8-6-5-7-20(21)30-25)33(26)18-9-10-22(35-3)23(14-18)36-4/h5-15H,1-4H3. The van der Waals surface area contributed by atoms with E-state index >= 15 is 0 Å². The van der Waals surface area contributed by atoms with Crippen molar-refractivity contribution in [3.63, 3.8) is 0 Å². The molecule has 0 saturated heterocycles. The van der Waals surface area contributed by atoms with Crippen LogP contribution in [0.1, 0.15) is 11.1 Å². The summed E-state index contributed by atoms with van der Waals surface area (Å²) in [6.45, 7) is 4.02. The van der Waals surface area contributed by atoms with Crippen LogP contribution in [0.5, 0.6) is 11.5 Å². The molecule has 0 aliphatic carbocycles. The van der Waals surface area contributed by atoms with E-state index in [0.29, 0.717) is 39.2 Å². The van der Waals surface area contributed by atoms with Crippen LogP contribution in [0.3, 0.4) is 0 Å². The van der Waals surface area contributed by atoms with E-state index in [2.05, 4.69) is 6.07 Å². The van der Waals surface area contributed by atoms with E-state index in [0.717, 1.165) is 28.0 Å². The highest BCUT2D eigenvalue weighted by atomic mass is 16.5. The molecular weight excluding hydrogens is 454 g/mol. The van der Waals surface area contributed by atoms with E-state index in [1.165, 1.54) is 0 Å². The second-order valence-electron chi connectivity index (χ2n) is 8.72. The summed E-state index contributed by atoms with van der Waals surface area (Å²) in [6, 6.07) is 19.2. The van der Waals surface area contributed by atoms with Crippen molar-refractivity contribution >= 4 is 33.2 Å². The second-order valence-corrected chi connectivity index (χ2v) is 8.72. The molecule has 6 rings (SSSR count). The first-order chi connectivity index (χ1) is 17.5. The number of hydrogen-bond acceptors (Lipinski definition) is 6. The van der Waals surface area contributed by atoms with Crippen LogP contribution in [0.4, 0.5) is 0 Å². The summed E-state index contributed by atoms with van der Waals surface area (Å²) in [4.78, 5) is 28.5. The number of fused-ring (bicyclic) bond motifs is 4. The highest BCUT2D eigenvalue weighted by Gasteiger charge is 2.22. The van der Waals surface area contributed by atoms with Crippen molar-refractivity contribution in [3.05, 3.63) is 88.5 Å². The number of aryl methyl sites for hydroxylation is 2. The molecule has 0 aliphatic heterocycles. The Balaban J connectivity index is 1.74. The van der Waals surface area contributed by atoms with Gasteiger partial charge in [0.05, 0.1) is 36.6 Å². The van der Waals surface area contributed by atoms with Gasteiger partial charge in [-0.15, -0.1) is 0 Å². The molecule has 0 atom stereocenters. The summed E-state index contributed by atoms with van der Waals surface area (Å²) in [5, 5.41) is 0.402. The van der Waals surface area contributed by atoms with Crippen LogP contribution in [-0.2, 0) is 0 Å². The van der Waals surface area contributed by atoms with Crippen molar-refractivity contribution in [2.24, 2.45) is 0 Å². The van der Waals surface area contributed by atoms with Crippen molar-refractivity contribution in [1.82, 2.24) is 24.1 Å². The summed E-state index contributed by atoms with van der Waals surface area (Å²) in [5.74, 6) is 1.16. The molecule has 0 aliphatic rings. The van der Waals surface area contributed by atoms with E-state index in [1.807, 2.05) is 73.0 Å². The molecule has 0 spiro atoms. The van der Waals surface area contributed by atoms with Crippen LogP contribution < -0.4 is 15.0 Å². The predicted octanol–water partition coefficient (Wildman–Crippen LogP) is 4.91. The summed E-state index contributed by atoms with van der Waals surface area (Å²) >= 11 is 0. The molecule has 178 valence electrons. The Labute approximate surface area is 206 Å². The van der Waals surface area contributed by atoms with E-state index in [4.69, 9.17) is 24.4 Å². The smallest absolute Gasteiger partial charge is 0.269 e. The maximum absolute atomic E-state index is 14.0. The summed E-state index contributed by atoms with van der Waals surface area (Å²) < 4.78 is 14.4. The Hall–Kier alpha value is -4.72. The molecular formula is C28H23N5O3. The Bertz CT molecular complexity index is 1850. The van der Waals surface area contributed by atoms with Gasteiger partial charge in [-0.2, -0.15) is 0 Å². The molecule has 0 fully saturated rings. The van der Waals surface area contributed by atoms with E-state index in [1.54, 1.807) is 25.1 Å². The molecule has 0 saturated carbocycles. The highest BCUT2D eigenvalue weighted by Crippen LogP contribution is 2.33. The Morgan fingerprint density at radius 3 is 2.14 bits per heavy atom. The summed E-state index contributed by atoms with van der Waals surface area (Å²) in [5.41, 5.74) is 6.35. The first kappa shape index (κ1) is 21.8. The maximum Gasteiger partial charge on any atom is 0.269 e. The van der Waals surface area contributed by atoms with Gasteiger partial charge in [0, 0.05) is 6.07 Å². The monoisotopic (exact) mass is 477 g/mol. The molecule has 6 aromatic rings. The largest absolute Gasteiger partial charge is 0.493 e. The van der Waals surface area contributed by atoms with Gasteiger partial charge in [0.1, 0.15) is 17.2 Å². The van der Waals surface area contributed by atoms with Gasteiger partial charge >= 0.3 is 0 Å². The van der Waals surface area contributed by atoms with Crippen LogP contribution in [0, 0.1) is 13.8 Å². The molecule has 8 heteroatoms. The summed E-state index contributed by atoms with van der Waals surface area (Å²) in [6.07, 6.45) is 1.56. The number of aromatic nitrogens is 5. The molecule has 36 heavy (non-hydrogen) atoms. The lowest BCUT2D eigenvalue weighted by Crippen LogP contribution is -2.19. The molecule has 8 nitrogen and oxygen atoms in total. The lowest BCUT2D eigenvalue weighted by Gasteiger charge is -2.12. The zero-order valence-corrected chi connectivity index (χ0v) is 20.3. The highest BCUT2D eigenvalue weighted by molar-refractivity contribution is 6.05. The SMILES string of the molecule is COc1ccc(-n2c3nc4ccccc4nc3c3c(=O)n(-c4cc(C)cc(C)c4)cnc32)cc1OC. The van der Waals surface area contributed by atoms with Crippen LogP contribution in [-0.4, -0.2) is 38.3 Å². The average molecular weight is 478 g/mol. The number of nitrogens with zero attached hydrogens (tertiary/aromatic N) is 5. The number of ether oxygens (including phenoxy) is 2. The number of benzene rings is 3. The minimum Gasteiger partial charge on any atom is -0.493 e. The third kappa shape index (κ3) is 3.30. The van der Waals surface area contributed by atoms with Crippen molar-refractivity contribution < 1.29 is 9.47 Å². The second kappa shape index (κ2) is 8.20. The zero-order chi connectivity index (χ0) is 25.0. The normalized spacial score (nSPS) is 11.4. The number of para-hydroxylation sites is 2. The molecule has 0 unspecified atom stereocenters. The first-order valence-corrected chi connectivity index (χ1v) is 11.5. The topological polar surface area (TPSA) is 84.1 Å². The average Bonchev–Trinajstić information content (AvgIpc) is 3.20. The van der Waals surface area contributed by atoms with Crippen molar-refractivity contribution in [3.8, 4) is 22.9 Å². The predicted molar refractivity (Wildman–Crippen MR) is 140 cm³/mol. The number of rotatable bonds is 4. The summed E-state index contributed by atoms with van der Waals surface area (Å²) in [7, 11) is 3.17. The van der Waals surface area contributed by atoms with Gasteiger partial charge in [0.2, 0.25) is 0 Å². The zero-order valence-electron chi connectivity index (χ0n) is 20.3. The van der Waals surface area contributed by atoms with Gasteiger partial charge in [-0.25, -0.2) is 15.0 Å². The molecule has 0 radical (unpaired) electrons. The Kier molecular flexibility index (Phi) is 4.96. The van der Waals surface area contributed by atoms with Gasteiger partial charge < -0.3 is 9.47 Å². The number of methoxy groups -OCH3 is 2. The van der Waals surface area contributed by atoms with Crippen LogP contribution >= 0.6 is 0 Å². The van der Waals surface area contributed by atoms with Crippen LogP contribution in [0.15, 0.2) is 71.8 Å². The molecule has 3 heterocycles. The van der Waals surface area contributed by atoms with Gasteiger partial charge in [0.25, 0.3) is 5.56 Å².